The summed E-state index contributed by atoms with van der Waals surface area (Å²) in [5.41, 5.74) is 4.87. The van der Waals surface area contributed by atoms with Gasteiger partial charge in [-0.05, 0) is 48.7 Å². The summed E-state index contributed by atoms with van der Waals surface area (Å²) in [4.78, 5) is 12.2. The molecule has 2 aromatic carbocycles. The fourth-order valence-corrected chi connectivity index (χ4v) is 2.92. The van der Waals surface area contributed by atoms with Crippen molar-refractivity contribution in [3.63, 3.8) is 0 Å². The lowest BCUT2D eigenvalue weighted by atomic mass is 10.1. The second kappa shape index (κ2) is 6.51. The molecule has 0 radical (unpaired) electrons. The van der Waals surface area contributed by atoms with Gasteiger partial charge in [-0.1, -0.05) is 18.2 Å². The van der Waals surface area contributed by atoms with E-state index >= 15 is 0 Å². The summed E-state index contributed by atoms with van der Waals surface area (Å²) in [6.45, 7) is 4.87. The predicted octanol–water partition coefficient (Wildman–Crippen LogP) is 3.48. The Balaban J connectivity index is 1.95. The molecule has 0 spiro atoms. The summed E-state index contributed by atoms with van der Waals surface area (Å²) in [6, 6.07) is 11.9. The summed E-state index contributed by atoms with van der Waals surface area (Å²) in [7, 11) is 3.04. The maximum absolute atomic E-state index is 12.2. The fourth-order valence-electron chi connectivity index (χ4n) is 2.92. The monoisotopic (exact) mass is 338 g/mol. The van der Waals surface area contributed by atoms with E-state index in [9.17, 15) is 9.90 Å². The first kappa shape index (κ1) is 16.9. The van der Waals surface area contributed by atoms with E-state index in [1.807, 2.05) is 18.2 Å². The van der Waals surface area contributed by atoms with Crippen molar-refractivity contribution >= 4 is 16.6 Å². The molecule has 5 heteroatoms. The van der Waals surface area contributed by atoms with Crippen LogP contribution in [0.15, 0.2) is 41.2 Å². The van der Waals surface area contributed by atoms with Crippen LogP contribution in [-0.2, 0) is 13.6 Å². The lowest BCUT2D eigenvalue weighted by molar-refractivity contribution is 0.368. The first-order chi connectivity index (χ1) is 11.9. The first-order valence-corrected chi connectivity index (χ1v) is 8.12. The third-order valence-electron chi connectivity index (χ3n) is 4.60. The molecule has 0 aliphatic rings. The Morgan fingerprint density at radius 2 is 1.88 bits per heavy atom. The van der Waals surface area contributed by atoms with Gasteiger partial charge in [0.1, 0.15) is 0 Å². The second-order valence-corrected chi connectivity index (χ2v) is 6.25. The van der Waals surface area contributed by atoms with Gasteiger partial charge >= 0.3 is 0 Å². The largest absolute Gasteiger partial charge is 0.504 e. The Kier molecular flexibility index (Phi) is 4.40. The summed E-state index contributed by atoms with van der Waals surface area (Å²) in [5.74, 6) is -0.170. The average molecular weight is 338 g/mol. The molecule has 0 bridgehead atoms. The minimum absolute atomic E-state index is 0.0405. The summed E-state index contributed by atoms with van der Waals surface area (Å²) in [6.07, 6.45) is 0. The van der Waals surface area contributed by atoms with Crippen LogP contribution in [0.2, 0.25) is 0 Å². The number of anilines is 1. The number of pyridine rings is 1. The molecule has 25 heavy (non-hydrogen) atoms. The van der Waals surface area contributed by atoms with E-state index in [0.717, 1.165) is 5.69 Å². The molecule has 1 aromatic heterocycles. The molecule has 0 amide bonds. The molecule has 3 rings (SSSR count). The molecule has 1 heterocycles. The zero-order valence-corrected chi connectivity index (χ0v) is 14.9. The number of hydrogen-bond acceptors (Lipinski definition) is 4. The van der Waals surface area contributed by atoms with Crippen LogP contribution in [-0.4, -0.2) is 16.8 Å². The zero-order chi connectivity index (χ0) is 18.1. The van der Waals surface area contributed by atoms with Gasteiger partial charge in [0.2, 0.25) is 5.75 Å². The molecular formula is C20H22N2O3. The molecule has 0 fully saturated rings. The van der Waals surface area contributed by atoms with Crippen molar-refractivity contribution in [1.29, 1.82) is 0 Å². The van der Waals surface area contributed by atoms with Crippen LogP contribution in [0.4, 0.5) is 5.69 Å². The number of aromatic hydroxyl groups is 1. The summed E-state index contributed by atoms with van der Waals surface area (Å²) >= 11 is 0. The normalized spacial score (nSPS) is 10.9. The van der Waals surface area contributed by atoms with E-state index in [4.69, 9.17) is 4.74 Å². The number of hydrogen-bond donors (Lipinski definition) is 2. The maximum atomic E-state index is 12.2. The van der Waals surface area contributed by atoms with Gasteiger partial charge in [-0.15, -0.1) is 0 Å². The van der Waals surface area contributed by atoms with Crippen LogP contribution in [0.1, 0.15) is 16.7 Å². The quantitative estimate of drug-likeness (QED) is 0.764. The Bertz CT molecular complexity index is 1010. The van der Waals surface area contributed by atoms with E-state index in [1.165, 1.54) is 28.4 Å². The summed E-state index contributed by atoms with van der Waals surface area (Å²) in [5, 5.41) is 14.3. The number of ether oxygens (including phenoxy) is 1. The van der Waals surface area contributed by atoms with Gasteiger partial charge in [0, 0.05) is 24.7 Å². The van der Waals surface area contributed by atoms with Crippen molar-refractivity contribution in [1.82, 2.24) is 4.57 Å². The fraction of sp³-hybridized carbons (Fsp3) is 0.250. The van der Waals surface area contributed by atoms with E-state index in [2.05, 4.69) is 37.4 Å². The van der Waals surface area contributed by atoms with Crippen molar-refractivity contribution in [2.75, 3.05) is 12.4 Å². The maximum Gasteiger partial charge on any atom is 0.297 e. The number of nitrogens with zero attached hydrogens (tertiary/aromatic N) is 1. The number of nitrogens with one attached hydrogen (secondary N) is 1. The Labute approximate surface area is 146 Å². The number of aryl methyl sites for hydroxylation is 3. The standard InChI is InChI=1S/C20H22N2O3/c1-12-5-6-14(9-13(12)2)11-21-15-7-8-17-16(10-15)18(23)19(25-4)20(24)22(17)3/h5-10,21,23H,11H2,1-4H3. The summed E-state index contributed by atoms with van der Waals surface area (Å²) < 4.78 is 6.53. The van der Waals surface area contributed by atoms with Crippen molar-refractivity contribution in [3.05, 3.63) is 63.4 Å². The van der Waals surface area contributed by atoms with E-state index in [1.54, 1.807) is 7.05 Å². The van der Waals surface area contributed by atoms with Gasteiger partial charge in [-0.2, -0.15) is 0 Å². The molecule has 0 aliphatic carbocycles. The highest BCUT2D eigenvalue weighted by Crippen LogP contribution is 2.32. The van der Waals surface area contributed by atoms with E-state index in [-0.39, 0.29) is 17.1 Å². The number of aromatic nitrogens is 1. The van der Waals surface area contributed by atoms with Gasteiger partial charge in [0.05, 0.1) is 12.6 Å². The smallest absolute Gasteiger partial charge is 0.297 e. The van der Waals surface area contributed by atoms with Crippen LogP contribution in [0, 0.1) is 13.8 Å². The van der Waals surface area contributed by atoms with E-state index < -0.39 is 0 Å². The lowest BCUT2D eigenvalue weighted by Gasteiger charge is -2.13. The van der Waals surface area contributed by atoms with Gasteiger partial charge < -0.3 is 19.7 Å². The topological polar surface area (TPSA) is 63.5 Å². The van der Waals surface area contributed by atoms with Crippen LogP contribution < -0.4 is 15.6 Å². The number of benzene rings is 2. The molecule has 0 aliphatic heterocycles. The lowest BCUT2D eigenvalue weighted by Crippen LogP contribution is -2.18. The third-order valence-corrected chi connectivity index (χ3v) is 4.60. The second-order valence-electron chi connectivity index (χ2n) is 6.25. The highest BCUT2D eigenvalue weighted by Gasteiger charge is 2.15. The first-order valence-electron chi connectivity index (χ1n) is 8.12. The van der Waals surface area contributed by atoms with Gasteiger partial charge in [0.15, 0.2) is 5.75 Å². The van der Waals surface area contributed by atoms with Crippen LogP contribution in [0.5, 0.6) is 11.5 Å². The highest BCUT2D eigenvalue weighted by atomic mass is 16.5. The molecule has 0 saturated heterocycles. The molecule has 130 valence electrons. The predicted molar refractivity (Wildman–Crippen MR) is 101 cm³/mol. The highest BCUT2D eigenvalue weighted by molar-refractivity contribution is 5.90. The Morgan fingerprint density at radius 3 is 2.56 bits per heavy atom. The molecule has 3 aromatic rings. The van der Waals surface area contributed by atoms with Crippen LogP contribution in [0.3, 0.4) is 0 Å². The Hall–Kier alpha value is -2.95. The van der Waals surface area contributed by atoms with Crippen molar-refractivity contribution in [2.24, 2.45) is 7.05 Å². The zero-order valence-electron chi connectivity index (χ0n) is 14.9. The molecule has 0 atom stereocenters. The van der Waals surface area contributed by atoms with Gasteiger partial charge in [-0.3, -0.25) is 4.79 Å². The minimum Gasteiger partial charge on any atom is -0.504 e. The third kappa shape index (κ3) is 3.05. The minimum atomic E-state index is -0.358. The molecule has 0 saturated carbocycles. The van der Waals surface area contributed by atoms with Crippen LogP contribution >= 0.6 is 0 Å². The number of fused-ring (bicyclic) bond motifs is 1. The molecule has 0 unspecified atom stereocenters. The number of rotatable bonds is 4. The molecule has 5 nitrogen and oxygen atoms in total. The van der Waals surface area contributed by atoms with Crippen molar-refractivity contribution < 1.29 is 9.84 Å². The molecule has 2 N–H and O–H groups in total. The van der Waals surface area contributed by atoms with Crippen LogP contribution in [0.25, 0.3) is 10.9 Å². The SMILES string of the molecule is COc1c(O)c2cc(NCc3ccc(C)c(C)c3)ccc2n(C)c1=O. The van der Waals surface area contributed by atoms with E-state index in [0.29, 0.717) is 17.4 Å². The van der Waals surface area contributed by atoms with Gasteiger partial charge in [-0.25, -0.2) is 0 Å². The van der Waals surface area contributed by atoms with Crippen molar-refractivity contribution in [2.45, 2.75) is 20.4 Å². The Morgan fingerprint density at radius 1 is 1.12 bits per heavy atom. The number of methoxy groups -OCH3 is 1. The average Bonchev–Trinajstić information content (AvgIpc) is 2.61. The molecular weight excluding hydrogens is 316 g/mol. The van der Waals surface area contributed by atoms with Gasteiger partial charge in [0.25, 0.3) is 5.56 Å². The van der Waals surface area contributed by atoms with Crippen molar-refractivity contribution in [3.8, 4) is 11.5 Å².